The van der Waals surface area contributed by atoms with Gasteiger partial charge in [-0.1, -0.05) is 36.7 Å². The lowest BCUT2D eigenvalue weighted by Gasteiger charge is -2.11. The van der Waals surface area contributed by atoms with Crippen molar-refractivity contribution >= 4 is 23.1 Å². The fraction of sp³-hybridized carbons (Fsp3) is 0.357. The van der Waals surface area contributed by atoms with E-state index in [1.165, 1.54) is 0 Å². The number of benzene rings is 1. The van der Waals surface area contributed by atoms with E-state index >= 15 is 0 Å². The molecule has 1 aromatic carbocycles. The molecule has 0 amide bonds. The van der Waals surface area contributed by atoms with Crippen molar-refractivity contribution in [2.45, 2.75) is 33.4 Å². The summed E-state index contributed by atoms with van der Waals surface area (Å²) in [5.74, 6) is 0.874. The van der Waals surface area contributed by atoms with Crippen LogP contribution in [0.2, 0.25) is 5.02 Å². The summed E-state index contributed by atoms with van der Waals surface area (Å²) in [6.07, 6.45) is 1.02. The van der Waals surface area contributed by atoms with Crippen LogP contribution in [0.25, 0.3) is 0 Å². The Hall–Kier alpha value is -1.68. The Balaban J connectivity index is 2.17. The number of nitrogen functional groups attached to an aromatic ring is 1. The van der Waals surface area contributed by atoms with Gasteiger partial charge in [-0.15, -0.1) is 0 Å². The van der Waals surface area contributed by atoms with Gasteiger partial charge < -0.3 is 11.1 Å². The Bertz CT molecular complexity index is 563. The molecule has 1 aromatic heterocycles. The summed E-state index contributed by atoms with van der Waals surface area (Å²) >= 11 is 6.14. The first kappa shape index (κ1) is 13.7. The van der Waals surface area contributed by atoms with Crippen LogP contribution in [0.1, 0.15) is 24.6 Å². The zero-order valence-corrected chi connectivity index (χ0v) is 12.0. The summed E-state index contributed by atoms with van der Waals surface area (Å²) in [4.78, 5) is 0. The molecule has 102 valence electrons. The SMILES string of the molecule is CCCn1nc(C)c(N)c1NCc1ccccc1Cl. The summed E-state index contributed by atoms with van der Waals surface area (Å²) in [6, 6.07) is 7.78. The predicted octanol–water partition coefficient (Wildman–Crippen LogP) is 3.45. The molecule has 3 N–H and O–H groups in total. The molecule has 0 aliphatic heterocycles. The summed E-state index contributed by atoms with van der Waals surface area (Å²) in [5.41, 5.74) is 8.67. The second kappa shape index (κ2) is 5.97. The number of halogens is 1. The van der Waals surface area contributed by atoms with E-state index in [1.807, 2.05) is 35.9 Å². The minimum absolute atomic E-state index is 0.638. The average molecular weight is 279 g/mol. The second-order valence-electron chi connectivity index (χ2n) is 4.52. The predicted molar refractivity (Wildman–Crippen MR) is 80.4 cm³/mol. The highest BCUT2D eigenvalue weighted by molar-refractivity contribution is 6.31. The van der Waals surface area contributed by atoms with E-state index in [0.29, 0.717) is 12.2 Å². The van der Waals surface area contributed by atoms with E-state index < -0.39 is 0 Å². The molecule has 4 nitrogen and oxygen atoms in total. The van der Waals surface area contributed by atoms with Crippen molar-refractivity contribution in [2.75, 3.05) is 11.1 Å². The van der Waals surface area contributed by atoms with Gasteiger partial charge in [0.2, 0.25) is 0 Å². The third-order valence-corrected chi connectivity index (χ3v) is 3.38. The lowest BCUT2D eigenvalue weighted by atomic mass is 10.2. The van der Waals surface area contributed by atoms with E-state index in [2.05, 4.69) is 17.3 Å². The second-order valence-corrected chi connectivity index (χ2v) is 4.92. The first-order valence-electron chi connectivity index (χ1n) is 6.43. The number of nitrogens with one attached hydrogen (secondary N) is 1. The van der Waals surface area contributed by atoms with Crippen LogP contribution in [0.3, 0.4) is 0 Å². The topological polar surface area (TPSA) is 55.9 Å². The number of hydrogen-bond donors (Lipinski definition) is 2. The van der Waals surface area contributed by atoms with Gasteiger partial charge in [-0.2, -0.15) is 5.10 Å². The maximum absolute atomic E-state index is 6.14. The molecule has 0 fully saturated rings. The molecule has 0 saturated heterocycles. The Morgan fingerprint density at radius 1 is 1.37 bits per heavy atom. The van der Waals surface area contributed by atoms with Gasteiger partial charge in [0.05, 0.1) is 11.4 Å². The molecule has 0 atom stereocenters. The first-order chi connectivity index (χ1) is 9.13. The summed E-state index contributed by atoms with van der Waals surface area (Å²) in [5, 5.41) is 8.52. The van der Waals surface area contributed by atoms with Crippen LogP contribution in [0, 0.1) is 6.92 Å². The third-order valence-electron chi connectivity index (χ3n) is 3.01. The van der Waals surface area contributed by atoms with E-state index in [9.17, 15) is 0 Å². The molecule has 2 aromatic rings. The quantitative estimate of drug-likeness (QED) is 0.881. The molecule has 0 aliphatic carbocycles. The molecule has 0 saturated carbocycles. The largest absolute Gasteiger partial charge is 0.394 e. The zero-order valence-electron chi connectivity index (χ0n) is 11.3. The average Bonchev–Trinajstić information content (AvgIpc) is 2.65. The number of aromatic nitrogens is 2. The Kier molecular flexibility index (Phi) is 4.32. The van der Waals surface area contributed by atoms with E-state index in [1.54, 1.807) is 0 Å². The van der Waals surface area contributed by atoms with Crippen LogP contribution in [0.15, 0.2) is 24.3 Å². The lowest BCUT2D eigenvalue weighted by molar-refractivity contribution is 0.603. The standard InChI is InChI=1S/C14H19ClN4/c1-3-8-19-14(13(16)10(2)18-19)17-9-11-6-4-5-7-12(11)15/h4-7,17H,3,8-9,16H2,1-2H3. The van der Waals surface area contributed by atoms with Crippen LogP contribution in [0.5, 0.6) is 0 Å². The van der Waals surface area contributed by atoms with Gasteiger partial charge in [0, 0.05) is 18.1 Å². The zero-order chi connectivity index (χ0) is 13.8. The molecule has 0 radical (unpaired) electrons. The van der Waals surface area contributed by atoms with Crippen LogP contribution < -0.4 is 11.1 Å². The minimum Gasteiger partial charge on any atom is -0.394 e. The van der Waals surface area contributed by atoms with Crippen molar-refractivity contribution in [3.63, 3.8) is 0 Å². The van der Waals surface area contributed by atoms with Gasteiger partial charge in [0.15, 0.2) is 0 Å². The fourth-order valence-electron chi connectivity index (χ4n) is 1.98. The molecule has 2 rings (SSSR count). The molecular weight excluding hydrogens is 260 g/mol. The van der Waals surface area contributed by atoms with Gasteiger partial charge in [0.25, 0.3) is 0 Å². The van der Waals surface area contributed by atoms with Gasteiger partial charge in [-0.05, 0) is 25.0 Å². The maximum Gasteiger partial charge on any atom is 0.148 e. The molecule has 5 heteroatoms. The number of nitrogens with two attached hydrogens (primary N) is 1. The Morgan fingerprint density at radius 3 is 2.79 bits per heavy atom. The van der Waals surface area contributed by atoms with Gasteiger partial charge in [0.1, 0.15) is 5.82 Å². The summed E-state index contributed by atoms with van der Waals surface area (Å²) < 4.78 is 1.92. The number of rotatable bonds is 5. The third kappa shape index (κ3) is 3.01. The van der Waals surface area contributed by atoms with Crippen LogP contribution in [-0.2, 0) is 13.1 Å². The minimum atomic E-state index is 0.638. The van der Waals surface area contributed by atoms with E-state index in [4.69, 9.17) is 17.3 Å². The maximum atomic E-state index is 6.14. The van der Waals surface area contributed by atoms with Crippen molar-refractivity contribution in [3.05, 3.63) is 40.5 Å². The molecule has 19 heavy (non-hydrogen) atoms. The Labute approximate surface area is 118 Å². The Morgan fingerprint density at radius 2 is 2.11 bits per heavy atom. The van der Waals surface area contributed by atoms with E-state index in [-0.39, 0.29) is 0 Å². The lowest BCUT2D eigenvalue weighted by Crippen LogP contribution is -2.09. The van der Waals surface area contributed by atoms with Crippen molar-refractivity contribution in [2.24, 2.45) is 0 Å². The van der Waals surface area contributed by atoms with Crippen molar-refractivity contribution in [1.29, 1.82) is 0 Å². The summed E-state index contributed by atoms with van der Waals surface area (Å²) in [6.45, 7) is 5.52. The molecule has 0 spiro atoms. The normalized spacial score (nSPS) is 10.7. The smallest absolute Gasteiger partial charge is 0.148 e. The van der Waals surface area contributed by atoms with Crippen LogP contribution in [-0.4, -0.2) is 9.78 Å². The van der Waals surface area contributed by atoms with E-state index in [0.717, 1.165) is 35.1 Å². The highest BCUT2D eigenvalue weighted by Crippen LogP contribution is 2.24. The highest BCUT2D eigenvalue weighted by atomic mass is 35.5. The number of aryl methyl sites for hydroxylation is 2. The number of hydrogen-bond acceptors (Lipinski definition) is 3. The monoisotopic (exact) mass is 278 g/mol. The van der Waals surface area contributed by atoms with Crippen molar-refractivity contribution in [1.82, 2.24) is 9.78 Å². The fourth-order valence-corrected chi connectivity index (χ4v) is 2.18. The van der Waals surface area contributed by atoms with Crippen LogP contribution in [0.4, 0.5) is 11.5 Å². The molecule has 0 aliphatic rings. The molecule has 0 unspecified atom stereocenters. The van der Waals surface area contributed by atoms with Gasteiger partial charge in [-0.25, -0.2) is 4.68 Å². The van der Waals surface area contributed by atoms with Crippen LogP contribution >= 0.6 is 11.6 Å². The van der Waals surface area contributed by atoms with Gasteiger partial charge >= 0.3 is 0 Å². The van der Waals surface area contributed by atoms with Crippen molar-refractivity contribution < 1.29 is 0 Å². The molecular formula is C14H19ClN4. The summed E-state index contributed by atoms with van der Waals surface area (Å²) in [7, 11) is 0. The first-order valence-corrected chi connectivity index (χ1v) is 6.81. The number of anilines is 2. The molecule has 0 bridgehead atoms. The molecule has 1 heterocycles. The van der Waals surface area contributed by atoms with Gasteiger partial charge in [-0.3, -0.25) is 0 Å². The number of nitrogens with zero attached hydrogens (tertiary/aromatic N) is 2. The van der Waals surface area contributed by atoms with Crippen molar-refractivity contribution in [3.8, 4) is 0 Å². The highest BCUT2D eigenvalue weighted by Gasteiger charge is 2.11.